The zero-order valence-corrected chi connectivity index (χ0v) is 13.9. The van der Waals surface area contributed by atoms with Crippen molar-refractivity contribution < 1.29 is 9.53 Å². The van der Waals surface area contributed by atoms with Crippen LogP contribution in [0.4, 0.5) is 0 Å². The zero-order valence-electron chi connectivity index (χ0n) is 12.3. The van der Waals surface area contributed by atoms with Gasteiger partial charge in [0.2, 0.25) is 0 Å². The molecule has 5 heteroatoms. The van der Waals surface area contributed by atoms with E-state index in [0.717, 1.165) is 28.6 Å². The molecule has 0 fully saturated rings. The fourth-order valence-electron chi connectivity index (χ4n) is 1.92. The van der Waals surface area contributed by atoms with Crippen molar-refractivity contribution in [2.45, 2.75) is 39.3 Å². The summed E-state index contributed by atoms with van der Waals surface area (Å²) < 4.78 is 6.62. The summed E-state index contributed by atoms with van der Waals surface area (Å²) in [6, 6.07) is 6.01. The van der Waals surface area contributed by atoms with E-state index in [1.54, 1.807) is 0 Å². The third-order valence-corrected chi connectivity index (χ3v) is 3.59. The first-order valence-corrected chi connectivity index (χ1v) is 7.75. The average Bonchev–Trinajstić information content (AvgIpc) is 2.44. The summed E-state index contributed by atoms with van der Waals surface area (Å²) in [5.41, 5.74) is 1.03. The number of rotatable bonds is 8. The quantitative estimate of drug-likeness (QED) is 0.763. The van der Waals surface area contributed by atoms with Gasteiger partial charge in [-0.3, -0.25) is 4.79 Å². The number of nitrogens with one attached hydrogen (secondary N) is 2. The van der Waals surface area contributed by atoms with Crippen molar-refractivity contribution in [2.75, 3.05) is 13.7 Å². The Labute approximate surface area is 129 Å². The van der Waals surface area contributed by atoms with E-state index in [1.807, 2.05) is 25.2 Å². The van der Waals surface area contributed by atoms with Crippen molar-refractivity contribution >= 4 is 21.8 Å². The highest BCUT2D eigenvalue weighted by molar-refractivity contribution is 9.10. The second-order valence-electron chi connectivity index (χ2n) is 4.65. The lowest BCUT2D eigenvalue weighted by atomic mass is 10.2. The smallest absolute Gasteiger partial charge is 0.258 e. The molecule has 0 radical (unpaired) electrons. The molecule has 1 amide bonds. The van der Waals surface area contributed by atoms with Gasteiger partial charge in [0.25, 0.3) is 5.91 Å². The predicted molar refractivity (Wildman–Crippen MR) is 84.9 cm³/mol. The second kappa shape index (κ2) is 8.97. The monoisotopic (exact) mass is 342 g/mol. The van der Waals surface area contributed by atoms with E-state index in [4.69, 9.17) is 4.74 Å². The lowest BCUT2D eigenvalue weighted by Crippen LogP contribution is -2.37. The first-order chi connectivity index (χ1) is 9.60. The summed E-state index contributed by atoms with van der Waals surface area (Å²) >= 11 is 3.44. The number of carbonyl (C=O) groups is 1. The van der Waals surface area contributed by atoms with Crippen LogP contribution in [0.2, 0.25) is 0 Å². The summed E-state index contributed by atoms with van der Waals surface area (Å²) in [5, 5.41) is 6.05. The molecular formula is C15H23BrN2O2. The van der Waals surface area contributed by atoms with Gasteiger partial charge in [-0.15, -0.1) is 0 Å². The van der Waals surface area contributed by atoms with Crippen LogP contribution in [0.1, 0.15) is 32.3 Å². The van der Waals surface area contributed by atoms with E-state index < -0.39 is 0 Å². The third kappa shape index (κ3) is 5.51. The van der Waals surface area contributed by atoms with E-state index in [2.05, 4.69) is 40.4 Å². The largest absolute Gasteiger partial charge is 0.483 e. The van der Waals surface area contributed by atoms with Crippen LogP contribution in [-0.4, -0.2) is 25.6 Å². The molecule has 0 aliphatic heterocycles. The minimum absolute atomic E-state index is 0.0504. The summed E-state index contributed by atoms with van der Waals surface area (Å²) in [6.45, 7) is 4.88. The van der Waals surface area contributed by atoms with E-state index in [-0.39, 0.29) is 18.6 Å². The Morgan fingerprint density at radius 3 is 2.65 bits per heavy atom. The van der Waals surface area contributed by atoms with Gasteiger partial charge in [0.1, 0.15) is 5.75 Å². The van der Waals surface area contributed by atoms with Crippen molar-refractivity contribution in [1.82, 2.24) is 10.6 Å². The van der Waals surface area contributed by atoms with E-state index >= 15 is 0 Å². The Balaban J connectivity index is 2.58. The molecule has 0 aliphatic rings. The maximum Gasteiger partial charge on any atom is 0.258 e. The molecule has 0 saturated heterocycles. The summed E-state index contributed by atoms with van der Waals surface area (Å²) in [7, 11) is 1.88. The average molecular weight is 343 g/mol. The van der Waals surface area contributed by atoms with Gasteiger partial charge in [-0.05, 0) is 38.1 Å². The molecule has 1 aromatic carbocycles. The maximum atomic E-state index is 11.8. The van der Waals surface area contributed by atoms with Crippen LogP contribution < -0.4 is 15.4 Å². The highest BCUT2D eigenvalue weighted by Gasteiger charge is 2.10. The Kier molecular flexibility index (Phi) is 7.62. The second-order valence-corrected chi connectivity index (χ2v) is 5.57. The van der Waals surface area contributed by atoms with Crippen molar-refractivity contribution in [3.63, 3.8) is 0 Å². The van der Waals surface area contributed by atoms with Crippen LogP contribution in [0.5, 0.6) is 5.75 Å². The van der Waals surface area contributed by atoms with Gasteiger partial charge in [-0.2, -0.15) is 0 Å². The third-order valence-electron chi connectivity index (χ3n) is 3.10. The van der Waals surface area contributed by atoms with Crippen LogP contribution in [-0.2, 0) is 11.3 Å². The molecule has 0 aliphatic carbocycles. The number of amides is 1. The van der Waals surface area contributed by atoms with Crippen LogP contribution in [0.3, 0.4) is 0 Å². The number of benzene rings is 1. The van der Waals surface area contributed by atoms with Crippen molar-refractivity contribution in [3.8, 4) is 5.75 Å². The molecule has 0 heterocycles. The minimum atomic E-state index is -0.0722. The Morgan fingerprint density at radius 1 is 1.35 bits per heavy atom. The molecule has 4 nitrogen and oxygen atoms in total. The highest BCUT2D eigenvalue weighted by atomic mass is 79.9. The van der Waals surface area contributed by atoms with Crippen molar-refractivity contribution in [1.29, 1.82) is 0 Å². The van der Waals surface area contributed by atoms with E-state index in [1.165, 1.54) is 0 Å². The van der Waals surface area contributed by atoms with Gasteiger partial charge >= 0.3 is 0 Å². The summed E-state index contributed by atoms with van der Waals surface area (Å²) in [4.78, 5) is 11.8. The molecule has 112 valence electrons. The molecular weight excluding hydrogens is 320 g/mol. The van der Waals surface area contributed by atoms with Gasteiger partial charge in [0.05, 0.1) is 0 Å². The Hall–Kier alpha value is -1.07. The SMILES string of the molecule is CCC(CC)NC(=O)COc1ccc(Br)cc1CNC. The molecule has 2 N–H and O–H groups in total. The fraction of sp³-hybridized carbons (Fsp3) is 0.533. The number of halogens is 1. The lowest BCUT2D eigenvalue weighted by Gasteiger charge is -2.16. The zero-order chi connectivity index (χ0) is 15.0. The van der Waals surface area contributed by atoms with Crippen LogP contribution in [0.15, 0.2) is 22.7 Å². The highest BCUT2D eigenvalue weighted by Crippen LogP contribution is 2.23. The van der Waals surface area contributed by atoms with E-state index in [0.29, 0.717) is 6.54 Å². The predicted octanol–water partition coefficient (Wildman–Crippen LogP) is 2.85. The molecule has 0 atom stereocenters. The van der Waals surface area contributed by atoms with Crippen molar-refractivity contribution in [2.24, 2.45) is 0 Å². The van der Waals surface area contributed by atoms with Gasteiger partial charge in [0.15, 0.2) is 6.61 Å². The summed E-state index contributed by atoms with van der Waals surface area (Å²) in [5.74, 6) is 0.666. The van der Waals surface area contributed by atoms with Crippen LogP contribution in [0, 0.1) is 0 Å². The lowest BCUT2D eigenvalue weighted by molar-refractivity contribution is -0.123. The Morgan fingerprint density at radius 2 is 2.05 bits per heavy atom. The molecule has 1 aromatic rings. The first-order valence-electron chi connectivity index (χ1n) is 6.95. The van der Waals surface area contributed by atoms with Gasteiger partial charge in [-0.25, -0.2) is 0 Å². The summed E-state index contributed by atoms with van der Waals surface area (Å²) in [6.07, 6.45) is 1.87. The van der Waals surface area contributed by atoms with Gasteiger partial charge in [-0.1, -0.05) is 29.8 Å². The number of hydrogen-bond acceptors (Lipinski definition) is 3. The van der Waals surface area contributed by atoms with Crippen molar-refractivity contribution in [3.05, 3.63) is 28.2 Å². The van der Waals surface area contributed by atoms with Gasteiger partial charge in [0, 0.05) is 22.6 Å². The molecule has 20 heavy (non-hydrogen) atoms. The van der Waals surface area contributed by atoms with Crippen LogP contribution >= 0.6 is 15.9 Å². The van der Waals surface area contributed by atoms with E-state index in [9.17, 15) is 4.79 Å². The number of hydrogen-bond donors (Lipinski definition) is 2. The maximum absolute atomic E-state index is 11.8. The van der Waals surface area contributed by atoms with Gasteiger partial charge < -0.3 is 15.4 Å². The topological polar surface area (TPSA) is 50.4 Å². The number of ether oxygens (including phenoxy) is 1. The minimum Gasteiger partial charge on any atom is -0.483 e. The van der Waals surface area contributed by atoms with Crippen LogP contribution in [0.25, 0.3) is 0 Å². The molecule has 0 spiro atoms. The normalized spacial score (nSPS) is 10.7. The molecule has 0 aromatic heterocycles. The number of carbonyl (C=O) groups excluding carboxylic acids is 1. The molecule has 1 rings (SSSR count). The molecule has 0 unspecified atom stereocenters. The molecule has 0 saturated carbocycles. The Bertz CT molecular complexity index is 434. The molecule has 0 bridgehead atoms. The fourth-order valence-corrected chi connectivity index (χ4v) is 2.33. The first kappa shape index (κ1) is 17.0. The standard InChI is InChI=1S/C15H23BrN2O2/c1-4-13(5-2)18-15(19)10-20-14-7-6-12(16)8-11(14)9-17-3/h6-8,13,17H,4-5,9-10H2,1-3H3,(H,18,19).